The van der Waals surface area contributed by atoms with E-state index < -0.39 is 0 Å². The lowest BCUT2D eigenvalue weighted by atomic mass is 10.1. The summed E-state index contributed by atoms with van der Waals surface area (Å²) in [6.45, 7) is 0.584. The van der Waals surface area contributed by atoms with Gasteiger partial charge in [0.25, 0.3) is 0 Å². The number of benzene rings is 1. The number of H-pyrrole nitrogens is 1. The zero-order chi connectivity index (χ0) is 17.5. The zero-order valence-corrected chi connectivity index (χ0v) is 15.3. The Morgan fingerprint density at radius 1 is 1.36 bits per heavy atom. The molecule has 1 fully saturated rings. The van der Waals surface area contributed by atoms with E-state index in [1.54, 1.807) is 7.11 Å². The summed E-state index contributed by atoms with van der Waals surface area (Å²) in [5.74, 6) is 2.65. The smallest absolute Gasteiger partial charge is 0.230 e. The van der Waals surface area contributed by atoms with E-state index in [2.05, 4.69) is 20.5 Å². The molecule has 2 aromatic rings. The lowest BCUT2D eigenvalue weighted by molar-refractivity contribution is -0.118. The van der Waals surface area contributed by atoms with E-state index >= 15 is 0 Å². The second-order valence-electron chi connectivity index (χ2n) is 6.19. The largest absolute Gasteiger partial charge is 0.496 e. The highest BCUT2D eigenvalue weighted by Gasteiger charge is 2.20. The molecule has 134 valence electrons. The van der Waals surface area contributed by atoms with Crippen LogP contribution in [-0.2, 0) is 11.2 Å². The van der Waals surface area contributed by atoms with E-state index in [-0.39, 0.29) is 5.91 Å². The van der Waals surface area contributed by atoms with Crippen LogP contribution in [0.1, 0.15) is 43.0 Å². The molecular formula is C18H24N4O2S. The van der Waals surface area contributed by atoms with Gasteiger partial charge in [-0.1, -0.05) is 42.8 Å². The van der Waals surface area contributed by atoms with E-state index in [0.29, 0.717) is 23.4 Å². The molecule has 3 rings (SSSR count). The van der Waals surface area contributed by atoms with Gasteiger partial charge in [-0.15, -0.1) is 5.10 Å². The predicted octanol–water partition coefficient (Wildman–Crippen LogP) is 2.92. The predicted molar refractivity (Wildman–Crippen MR) is 98.0 cm³/mol. The van der Waals surface area contributed by atoms with Crippen molar-refractivity contribution in [1.82, 2.24) is 20.5 Å². The number of amides is 1. The molecule has 2 N–H and O–H groups in total. The van der Waals surface area contributed by atoms with Crippen molar-refractivity contribution >= 4 is 17.7 Å². The average molecular weight is 360 g/mol. The maximum absolute atomic E-state index is 12.0. The summed E-state index contributed by atoms with van der Waals surface area (Å²) in [7, 11) is 1.66. The first-order valence-corrected chi connectivity index (χ1v) is 9.68. The molecular weight excluding hydrogens is 336 g/mol. The Balaban J connectivity index is 1.39. The summed E-state index contributed by atoms with van der Waals surface area (Å²) in [5, 5.41) is 10.8. The third-order valence-corrected chi connectivity index (χ3v) is 5.31. The highest BCUT2D eigenvalue weighted by molar-refractivity contribution is 7.99. The molecule has 0 bridgehead atoms. The fraction of sp³-hybridized carbons (Fsp3) is 0.500. The molecule has 25 heavy (non-hydrogen) atoms. The SMILES string of the molecule is COc1ccccc1CCNC(=O)CSc1n[nH]c(C2CCCC2)n1. The quantitative estimate of drug-likeness (QED) is 0.708. The maximum atomic E-state index is 12.0. The molecule has 0 spiro atoms. The van der Waals surface area contributed by atoms with Gasteiger partial charge in [0.05, 0.1) is 12.9 Å². The number of methoxy groups -OCH3 is 1. The highest BCUT2D eigenvalue weighted by Crippen LogP contribution is 2.32. The molecule has 0 saturated heterocycles. The number of aromatic amines is 1. The summed E-state index contributed by atoms with van der Waals surface area (Å²) < 4.78 is 5.32. The van der Waals surface area contributed by atoms with Gasteiger partial charge in [0.1, 0.15) is 11.6 Å². The van der Waals surface area contributed by atoms with Crippen LogP contribution in [0.5, 0.6) is 5.75 Å². The van der Waals surface area contributed by atoms with Crippen LogP contribution in [0.15, 0.2) is 29.4 Å². The van der Waals surface area contributed by atoms with Crippen molar-refractivity contribution in [2.45, 2.75) is 43.2 Å². The molecule has 7 heteroatoms. The molecule has 1 saturated carbocycles. The van der Waals surface area contributed by atoms with Crippen molar-refractivity contribution in [3.63, 3.8) is 0 Å². The van der Waals surface area contributed by atoms with Gasteiger partial charge < -0.3 is 10.1 Å². The van der Waals surface area contributed by atoms with Gasteiger partial charge in [-0.25, -0.2) is 4.98 Å². The Morgan fingerprint density at radius 2 is 2.16 bits per heavy atom. The van der Waals surface area contributed by atoms with Crippen molar-refractivity contribution in [3.8, 4) is 5.75 Å². The fourth-order valence-corrected chi connectivity index (χ4v) is 3.77. The Bertz CT molecular complexity index is 698. The first-order chi connectivity index (χ1) is 12.3. The molecule has 6 nitrogen and oxygen atoms in total. The van der Waals surface area contributed by atoms with Gasteiger partial charge in [0, 0.05) is 12.5 Å². The molecule has 1 heterocycles. The van der Waals surface area contributed by atoms with Crippen molar-refractivity contribution in [2.75, 3.05) is 19.4 Å². The number of nitrogens with zero attached hydrogens (tertiary/aromatic N) is 2. The number of hydrogen-bond donors (Lipinski definition) is 2. The summed E-state index contributed by atoms with van der Waals surface area (Å²) in [5.41, 5.74) is 1.09. The highest BCUT2D eigenvalue weighted by atomic mass is 32.2. The van der Waals surface area contributed by atoms with E-state index in [1.807, 2.05) is 24.3 Å². The number of nitrogens with one attached hydrogen (secondary N) is 2. The second kappa shape index (κ2) is 8.89. The minimum Gasteiger partial charge on any atom is -0.496 e. The number of carbonyl (C=O) groups excluding carboxylic acids is 1. The van der Waals surface area contributed by atoms with Crippen LogP contribution >= 0.6 is 11.8 Å². The number of ether oxygens (including phenoxy) is 1. The second-order valence-corrected chi connectivity index (χ2v) is 7.13. The number of hydrogen-bond acceptors (Lipinski definition) is 5. The molecule has 0 radical (unpaired) electrons. The van der Waals surface area contributed by atoms with Gasteiger partial charge in [-0.3, -0.25) is 9.89 Å². The Kier molecular flexibility index (Phi) is 6.33. The van der Waals surface area contributed by atoms with E-state index in [0.717, 1.165) is 23.6 Å². The number of carbonyl (C=O) groups is 1. The average Bonchev–Trinajstić information content (AvgIpc) is 3.32. The Hall–Kier alpha value is -2.02. The monoisotopic (exact) mass is 360 g/mol. The minimum absolute atomic E-state index is 0.00730. The normalized spacial score (nSPS) is 14.6. The van der Waals surface area contributed by atoms with Gasteiger partial charge in [0.15, 0.2) is 0 Å². The molecule has 1 amide bonds. The van der Waals surface area contributed by atoms with Crippen LogP contribution in [0.25, 0.3) is 0 Å². The van der Waals surface area contributed by atoms with Crippen molar-refractivity contribution in [3.05, 3.63) is 35.7 Å². The lowest BCUT2D eigenvalue weighted by Crippen LogP contribution is -2.27. The summed E-state index contributed by atoms with van der Waals surface area (Å²) in [4.78, 5) is 16.5. The zero-order valence-electron chi connectivity index (χ0n) is 14.5. The van der Waals surface area contributed by atoms with E-state index in [9.17, 15) is 4.79 Å². The molecule has 1 aromatic heterocycles. The Labute approximate surface area is 152 Å². The lowest BCUT2D eigenvalue weighted by Gasteiger charge is -2.08. The van der Waals surface area contributed by atoms with Crippen molar-refractivity contribution < 1.29 is 9.53 Å². The number of para-hydroxylation sites is 1. The van der Waals surface area contributed by atoms with Crippen molar-refractivity contribution in [2.24, 2.45) is 0 Å². The topological polar surface area (TPSA) is 79.9 Å². The summed E-state index contributed by atoms with van der Waals surface area (Å²) in [6, 6.07) is 7.85. The van der Waals surface area contributed by atoms with Gasteiger partial charge >= 0.3 is 0 Å². The third-order valence-electron chi connectivity index (χ3n) is 4.47. The van der Waals surface area contributed by atoms with Crippen LogP contribution in [-0.4, -0.2) is 40.5 Å². The standard InChI is InChI=1S/C18H24N4O2S/c1-24-15-9-5-4-6-13(15)10-11-19-16(23)12-25-18-20-17(21-22-18)14-7-2-3-8-14/h4-6,9,14H,2-3,7-8,10-12H2,1H3,(H,19,23)(H,20,21,22). The molecule has 0 unspecified atom stereocenters. The molecule has 1 aromatic carbocycles. The molecule has 1 aliphatic carbocycles. The molecule has 0 aliphatic heterocycles. The number of aromatic nitrogens is 3. The van der Waals surface area contributed by atoms with E-state index in [4.69, 9.17) is 4.74 Å². The summed E-state index contributed by atoms with van der Waals surface area (Å²) in [6.07, 6.45) is 5.64. The van der Waals surface area contributed by atoms with Crippen molar-refractivity contribution in [1.29, 1.82) is 0 Å². The van der Waals surface area contributed by atoms with Crippen LogP contribution in [0, 0.1) is 0 Å². The van der Waals surface area contributed by atoms with Gasteiger partial charge in [-0.2, -0.15) is 0 Å². The van der Waals surface area contributed by atoms with Crippen LogP contribution in [0.3, 0.4) is 0 Å². The van der Waals surface area contributed by atoms with Crippen LogP contribution in [0.4, 0.5) is 0 Å². The van der Waals surface area contributed by atoms with E-state index in [1.165, 1.54) is 37.4 Å². The summed E-state index contributed by atoms with van der Waals surface area (Å²) >= 11 is 1.37. The van der Waals surface area contributed by atoms with Gasteiger partial charge in [0.2, 0.25) is 11.1 Å². The molecule has 1 aliphatic rings. The first-order valence-electron chi connectivity index (χ1n) is 8.70. The maximum Gasteiger partial charge on any atom is 0.230 e. The van der Waals surface area contributed by atoms with Gasteiger partial charge in [-0.05, 0) is 30.9 Å². The fourth-order valence-electron chi connectivity index (χ4n) is 3.13. The number of rotatable bonds is 8. The Morgan fingerprint density at radius 3 is 2.96 bits per heavy atom. The van der Waals surface area contributed by atoms with Crippen LogP contribution in [0.2, 0.25) is 0 Å². The minimum atomic E-state index is -0.00730. The molecule has 0 atom stereocenters. The third kappa shape index (κ3) is 4.98. The van der Waals surface area contributed by atoms with Crippen LogP contribution < -0.4 is 10.1 Å². The first kappa shape index (κ1) is 17.8. The number of thioether (sulfide) groups is 1.